The van der Waals surface area contributed by atoms with E-state index < -0.39 is 0 Å². The summed E-state index contributed by atoms with van der Waals surface area (Å²) in [6.07, 6.45) is 8.63. The van der Waals surface area contributed by atoms with Crippen molar-refractivity contribution in [1.29, 1.82) is 0 Å². The molecule has 3 aromatic rings. The lowest BCUT2D eigenvalue weighted by molar-refractivity contribution is 0.166. The van der Waals surface area contributed by atoms with Gasteiger partial charge in [0.2, 0.25) is 0 Å². The first-order valence-corrected chi connectivity index (χ1v) is 9.15. The molecule has 1 unspecified atom stereocenters. The summed E-state index contributed by atoms with van der Waals surface area (Å²) in [7, 11) is 0. The molecular formula is C20H24N6. The number of nitrogen functional groups attached to an aromatic ring is 1. The Morgan fingerprint density at radius 2 is 2.00 bits per heavy atom. The summed E-state index contributed by atoms with van der Waals surface area (Å²) in [4.78, 5) is 11.1. The van der Waals surface area contributed by atoms with Crippen LogP contribution in [-0.2, 0) is 13.0 Å². The van der Waals surface area contributed by atoms with E-state index in [0.29, 0.717) is 11.7 Å². The molecule has 0 radical (unpaired) electrons. The number of likely N-dealkylation sites (tertiary alicyclic amines) is 1. The van der Waals surface area contributed by atoms with Gasteiger partial charge in [-0.3, -0.25) is 15.0 Å². The maximum atomic E-state index is 5.97. The van der Waals surface area contributed by atoms with E-state index in [9.17, 15) is 0 Å². The maximum absolute atomic E-state index is 5.97. The number of hydrogen-bond donors (Lipinski definition) is 2. The molecule has 3 heterocycles. The van der Waals surface area contributed by atoms with Crippen LogP contribution >= 0.6 is 0 Å². The van der Waals surface area contributed by atoms with Crippen LogP contribution in [-0.4, -0.2) is 38.2 Å². The Bertz CT molecular complexity index is 844. The highest BCUT2D eigenvalue weighted by molar-refractivity contribution is 5.62. The topological polar surface area (TPSA) is 83.7 Å². The molecule has 1 aliphatic heterocycles. The summed E-state index contributed by atoms with van der Waals surface area (Å²) in [5.74, 6) is 1.13. The van der Waals surface area contributed by atoms with Crippen LogP contribution in [0.4, 0.5) is 5.82 Å². The smallest absolute Gasteiger partial charge is 0.145 e. The summed E-state index contributed by atoms with van der Waals surface area (Å²) in [6.45, 7) is 3.08. The Balaban J connectivity index is 1.43. The quantitative estimate of drug-likeness (QED) is 0.741. The van der Waals surface area contributed by atoms with Crippen LogP contribution in [0, 0.1) is 5.92 Å². The van der Waals surface area contributed by atoms with Crippen LogP contribution in [0.1, 0.15) is 24.1 Å². The van der Waals surface area contributed by atoms with Crippen molar-refractivity contribution in [3.8, 4) is 11.3 Å². The largest absolute Gasteiger partial charge is 0.382 e. The van der Waals surface area contributed by atoms with Gasteiger partial charge in [-0.05, 0) is 37.3 Å². The SMILES string of the molecule is Nc1nccnc1CC1CCCN(Cc2cn[nH]c2-c2ccccc2)C1. The average Bonchev–Trinajstić information content (AvgIpc) is 3.13. The van der Waals surface area contributed by atoms with Crippen molar-refractivity contribution in [1.82, 2.24) is 25.1 Å². The van der Waals surface area contributed by atoms with Crippen molar-refractivity contribution in [2.24, 2.45) is 5.92 Å². The molecule has 4 rings (SSSR count). The summed E-state index contributed by atoms with van der Waals surface area (Å²) < 4.78 is 0. The highest BCUT2D eigenvalue weighted by Gasteiger charge is 2.22. The van der Waals surface area contributed by atoms with Gasteiger partial charge in [-0.25, -0.2) is 4.98 Å². The van der Waals surface area contributed by atoms with Crippen molar-refractivity contribution < 1.29 is 0 Å². The van der Waals surface area contributed by atoms with Crippen molar-refractivity contribution in [2.45, 2.75) is 25.8 Å². The second kappa shape index (κ2) is 7.66. The number of nitrogens with two attached hydrogens (primary N) is 1. The van der Waals surface area contributed by atoms with Gasteiger partial charge in [-0.2, -0.15) is 5.10 Å². The third-order valence-corrected chi connectivity index (χ3v) is 5.07. The maximum Gasteiger partial charge on any atom is 0.145 e. The third-order valence-electron chi connectivity index (χ3n) is 5.07. The fraction of sp³-hybridized carbons (Fsp3) is 0.350. The van der Waals surface area contributed by atoms with Crippen LogP contribution < -0.4 is 5.73 Å². The molecule has 1 fully saturated rings. The first kappa shape index (κ1) is 16.7. The van der Waals surface area contributed by atoms with E-state index in [1.807, 2.05) is 12.3 Å². The molecule has 3 N–H and O–H groups in total. The minimum Gasteiger partial charge on any atom is -0.382 e. The Hall–Kier alpha value is -2.73. The molecule has 0 saturated carbocycles. The van der Waals surface area contributed by atoms with Gasteiger partial charge in [-0.15, -0.1) is 0 Å². The number of rotatable bonds is 5. The predicted molar refractivity (Wildman–Crippen MR) is 102 cm³/mol. The lowest BCUT2D eigenvalue weighted by atomic mass is 9.93. The number of benzene rings is 1. The Kier molecular flexibility index (Phi) is 4.93. The first-order chi connectivity index (χ1) is 12.8. The average molecular weight is 348 g/mol. The van der Waals surface area contributed by atoms with E-state index in [1.165, 1.54) is 24.0 Å². The fourth-order valence-electron chi connectivity index (χ4n) is 3.80. The van der Waals surface area contributed by atoms with Gasteiger partial charge in [-0.1, -0.05) is 30.3 Å². The van der Waals surface area contributed by atoms with Crippen molar-refractivity contribution in [3.05, 3.63) is 60.2 Å². The van der Waals surface area contributed by atoms with E-state index in [1.54, 1.807) is 12.4 Å². The van der Waals surface area contributed by atoms with Crippen molar-refractivity contribution >= 4 is 5.82 Å². The summed E-state index contributed by atoms with van der Waals surface area (Å²) in [5, 5.41) is 7.43. The van der Waals surface area contributed by atoms with Crippen LogP contribution in [0.15, 0.2) is 48.9 Å². The van der Waals surface area contributed by atoms with Gasteiger partial charge < -0.3 is 5.73 Å². The fourth-order valence-corrected chi connectivity index (χ4v) is 3.80. The predicted octanol–water partition coefficient (Wildman–Crippen LogP) is 2.90. The monoisotopic (exact) mass is 348 g/mol. The first-order valence-electron chi connectivity index (χ1n) is 9.15. The van der Waals surface area contributed by atoms with Crippen molar-refractivity contribution in [2.75, 3.05) is 18.8 Å². The molecule has 134 valence electrons. The summed E-state index contributed by atoms with van der Waals surface area (Å²) in [5.41, 5.74) is 10.4. The molecule has 1 atom stereocenters. The third kappa shape index (κ3) is 3.75. The number of nitrogens with one attached hydrogen (secondary N) is 1. The number of anilines is 1. The molecule has 0 aliphatic carbocycles. The zero-order valence-corrected chi connectivity index (χ0v) is 14.8. The van der Waals surface area contributed by atoms with Gasteiger partial charge in [0.05, 0.1) is 17.6 Å². The van der Waals surface area contributed by atoms with Crippen LogP contribution in [0.3, 0.4) is 0 Å². The number of nitrogens with zero attached hydrogens (tertiary/aromatic N) is 4. The normalized spacial score (nSPS) is 18.1. The molecule has 6 nitrogen and oxygen atoms in total. The van der Waals surface area contributed by atoms with Crippen LogP contribution in [0.2, 0.25) is 0 Å². The molecule has 0 amide bonds. The lowest BCUT2D eigenvalue weighted by Gasteiger charge is -2.32. The summed E-state index contributed by atoms with van der Waals surface area (Å²) >= 11 is 0. The van der Waals surface area contributed by atoms with E-state index in [0.717, 1.165) is 37.4 Å². The minimum absolute atomic E-state index is 0.561. The zero-order chi connectivity index (χ0) is 17.8. The molecule has 6 heteroatoms. The van der Waals surface area contributed by atoms with Gasteiger partial charge in [0.15, 0.2) is 0 Å². The number of aromatic amines is 1. The number of aromatic nitrogens is 4. The van der Waals surface area contributed by atoms with E-state index in [4.69, 9.17) is 5.73 Å². The minimum atomic E-state index is 0.561. The number of piperidine rings is 1. The van der Waals surface area contributed by atoms with Gasteiger partial charge in [0.1, 0.15) is 5.82 Å². The Morgan fingerprint density at radius 3 is 2.85 bits per heavy atom. The van der Waals surface area contributed by atoms with Gasteiger partial charge in [0.25, 0.3) is 0 Å². The molecule has 0 bridgehead atoms. The standard InChI is InChI=1S/C20H24N6/c21-20-18(22-8-9-23-20)11-15-5-4-10-26(13-15)14-17-12-24-25-19(17)16-6-2-1-3-7-16/h1-3,6-9,12,15H,4-5,10-11,13-14H2,(H2,21,23)(H,24,25). The zero-order valence-electron chi connectivity index (χ0n) is 14.8. The lowest BCUT2D eigenvalue weighted by Crippen LogP contribution is -2.36. The highest BCUT2D eigenvalue weighted by atomic mass is 15.2. The van der Waals surface area contributed by atoms with Crippen molar-refractivity contribution in [3.63, 3.8) is 0 Å². The molecule has 0 spiro atoms. The van der Waals surface area contributed by atoms with E-state index in [-0.39, 0.29) is 0 Å². The molecule has 1 aliphatic rings. The Labute approximate surface area is 153 Å². The van der Waals surface area contributed by atoms with Gasteiger partial charge >= 0.3 is 0 Å². The molecule has 26 heavy (non-hydrogen) atoms. The molecule has 1 aromatic carbocycles. The Morgan fingerprint density at radius 1 is 1.15 bits per heavy atom. The molecular weight excluding hydrogens is 324 g/mol. The van der Waals surface area contributed by atoms with Gasteiger partial charge in [0, 0.05) is 31.0 Å². The number of H-pyrrole nitrogens is 1. The molecule has 2 aromatic heterocycles. The number of hydrogen-bond acceptors (Lipinski definition) is 5. The highest BCUT2D eigenvalue weighted by Crippen LogP contribution is 2.26. The van der Waals surface area contributed by atoms with Crippen LogP contribution in [0.5, 0.6) is 0 Å². The second-order valence-electron chi connectivity index (χ2n) is 6.97. The summed E-state index contributed by atoms with van der Waals surface area (Å²) in [6, 6.07) is 10.4. The van der Waals surface area contributed by atoms with E-state index in [2.05, 4.69) is 49.3 Å². The van der Waals surface area contributed by atoms with E-state index >= 15 is 0 Å². The molecule has 1 saturated heterocycles. The second-order valence-corrected chi connectivity index (χ2v) is 6.97. The van der Waals surface area contributed by atoms with Crippen LogP contribution in [0.25, 0.3) is 11.3 Å².